The molecule has 1 fully saturated rings. The number of aliphatic hydroxyl groups is 1. The predicted octanol–water partition coefficient (Wildman–Crippen LogP) is 3.10. The number of halogens is 1. The van der Waals surface area contributed by atoms with Crippen molar-refractivity contribution in [1.29, 1.82) is 0 Å². The third-order valence-corrected chi connectivity index (χ3v) is 5.14. The number of nitrogens with one attached hydrogen (secondary N) is 1. The lowest BCUT2D eigenvalue weighted by atomic mass is 9.86. The molecule has 1 amide bonds. The van der Waals surface area contributed by atoms with E-state index in [0.29, 0.717) is 17.3 Å². The van der Waals surface area contributed by atoms with Crippen LogP contribution >= 0.6 is 23.4 Å². The topological polar surface area (TPSA) is 49.3 Å². The molecule has 1 aromatic rings. The summed E-state index contributed by atoms with van der Waals surface area (Å²) in [4.78, 5) is 12.7. The van der Waals surface area contributed by atoms with E-state index in [1.807, 2.05) is 24.3 Å². The Morgan fingerprint density at radius 1 is 1.35 bits per heavy atom. The normalized spacial score (nSPS) is 22.5. The first kappa shape index (κ1) is 15.7. The van der Waals surface area contributed by atoms with Crippen molar-refractivity contribution in [2.75, 3.05) is 12.3 Å². The Bertz CT molecular complexity index is 455. The van der Waals surface area contributed by atoms with Crippen LogP contribution in [0.3, 0.4) is 0 Å². The number of hydrogen-bond acceptors (Lipinski definition) is 3. The van der Waals surface area contributed by atoms with E-state index in [-0.39, 0.29) is 17.9 Å². The highest BCUT2D eigenvalue weighted by molar-refractivity contribution is 8.00. The van der Waals surface area contributed by atoms with Crippen LogP contribution in [0.2, 0.25) is 5.02 Å². The molecule has 0 radical (unpaired) electrons. The number of hydrogen-bond donors (Lipinski definition) is 2. The van der Waals surface area contributed by atoms with Crippen molar-refractivity contribution >= 4 is 29.3 Å². The second-order valence-corrected chi connectivity index (χ2v) is 6.56. The molecule has 5 heteroatoms. The maximum atomic E-state index is 11.8. The molecule has 1 saturated carbocycles. The zero-order chi connectivity index (χ0) is 14.4. The maximum Gasteiger partial charge on any atom is 0.230 e. The van der Waals surface area contributed by atoms with Gasteiger partial charge in [0.1, 0.15) is 0 Å². The second-order valence-electron chi connectivity index (χ2n) is 5.14. The summed E-state index contributed by atoms with van der Waals surface area (Å²) >= 11 is 7.48. The van der Waals surface area contributed by atoms with E-state index < -0.39 is 0 Å². The molecule has 2 N–H and O–H groups in total. The van der Waals surface area contributed by atoms with Crippen LogP contribution in [0.5, 0.6) is 0 Å². The number of benzene rings is 1. The molecule has 3 nitrogen and oxygen atoms in total. The number of thioether (sulfide) groups is 1. The fourth-order valence-electron chi connectivity index (χ4n) is 2.43. The molecule has 2 rings (SSSR count). The minimum atomic E-state index is -0.264. The van der Waals surface area contributed by atoms with Gasteiger partial charge in [0, 0.05) is 17.4 Å². The van der Waals surface area contributed by atoms with Crippen molar-refractivity contribution in [3.8, 4) is 0 Å². The zero-order valence-electron chi connectivity index (χ0n) is 11.3. The van der Waals surface area contributed by atoms with Crippen molar-refractivity contribution in [2.45, 2.75) is 36.7 Å². The number of carbonyl (C=O) groups excluding carboxylic acids is 1. The molecule has 0 spiro atoms. The van der Waals surface area contributed by atoms with Gasteiger partial charge in [-0.2, -0.15) is 0 Å². The van der Waals surface area contributed by atoms with E-state index in [0.717, 1.165) is 30.6 Å². The predicted molar refractivity (Wildman–Crippen MR) is 83.2 cm³/mol. The van der Waals surface area contributed by atoms with Gasteiger partial charge in [-0.15, -0.1) is 11.8 Å². The number of amides is 1. The summed E-state index contributed by atoms with van der Waals surface area (Å²) in [6.45, 7) is 0.573. The summed E-state index contributed by atoms with van der Waals surface area (Å²) in [5.41, 5.74) is 0. The van der Waals surface area contributed by atoms with Gasteiger partial charge >= 0.3 is 0 Å². The van der Waals surface area contributed by atoms with Crippen LogP contribution in [-0.4, -0.2) is 29.4 Å². The van der Waals surface area contributed by atoms with Crippen molar-refractivity contribution in [1.82, 2.24) is 5.32 Å². The molecule has 20 heavy (non-hydrogen) atoms. The highest BCUT2D eigenvalue weighted by atomic mass is 35.5. The van der Waals surface area contributed by atoms with Gasteiger partial charge in [0.2, 0.25) is 5.91 Å². The van der Waals surface area contributed by atoms with Crippen LogP contribution in [-0.2, 0) is 4.79 Å². The van der Waals surface area contributed by atoms with E-state index in [2.05, 4.69) is 5.32 Å². The van der Waals surface area contributed by atoms with Crippen LogP contribution < -0.4 is 5.32 Å². The van der Waals surface area contributed by atoms with E-state index in [1.54, 1.807) is 0 Å². The van der Waals surface area contributed by atoms with E-state index >= 15 is 0 Å². The monoisotopic (exact) mass is 313 g/mol. The Hall–Kier alpha value is -0.710. The first-order valence-corrected chi connectivity index (χ1v) is 8.35. The van der Waals surface area contributed by atoms with E-state index in [1.165, 1.54) is 11.8 Å². The largest absolute Gasteiger partial charge is 0.393 e. The van der Waals surface area contributed by atoms with Gasteiger partial charge in [-0.1, -0.05) is 36.6 Å². The highest BCUT2D eigenvalue weighted by Crippen LogP contribution is 2.26. The standard InChI is InChI=1S/C15H20ClNO2S/c16-12-6-2-4-8-14(12)20-10-15(19)17-9-11-5-1-3-7-13(11)18/h2,4,6,8,11,13,18H,1,3,5,7,9-10H2,(H,17,19). The Morgan fingerprint density at radius 2 is 2.10 bits per heavy atom. The van der Waals surface area contributed by atoms with E-state index in [4.69, 9.17) is 11.6 Å². The Kier molecular flexibility index (Phi) is 6.20. The molecule has 110 valence electrons. The first-order valence-electron chi connectivity index (χ1n) is 6.99. The summed E-state index contributed by atoms with van der Waals surface area (Å²) in [6.07, 6.45) is 3.83. The Balaban J connectivity index is 1.71. The average Bonchev–Trinajstić information content (AvgIpc) is 2.45. The Morgan fingerprint density at radius 3 is 2.85 bits per heavy atom. The summed E-state index contributed by atoms with van der Waals surface area (Å²) in [7, 11) is 0. The fourth-order valence-corrected chi connectivity index (χ4v) is 3.50. The average molecular weight is 314 g/mol. The number of aliphatic hydroxyl groups excluding tert-OH is 1. The van der Waals surface area contributed by atoms with Crippen LogP contribution in [0.1, 0.15) is 25.7 Å². The van der Waals surface area contributed by atoms with Crippen molar-refractivity contribution in [3.05, 3.63) is 29.3 Å². The third kappa shape index (κ3) is 4.69. The molecule has 0 bridgehead atoms. The molecule has 0 heterocycles. The summed E-state index contributed by atoms with van der Waals surface area (Å²) in [6, 6.07) is 7.51. The Labute approximate surface area is 129 Å². The molecule has 0 aromatic heterocycles. The first-order chi connectivity index (χ1) is 9.66. The lowest BCUT2D eigenvalue weighted by molar-refractivity contribution is -0.119. The third-order valence-electron chi connectivity index (χ3n) is 3.63. The molecule has 2 atom stereocenters. The molecular formula is C15H20ClNO2S. The quantitative estimate of drug-likeness (QED) is 0.821. The van der Waals surface area contributed by atoms with Gasteiger partial charge in [-0.3, -0.25) is 4.79 Å². The van der Waals surface area contributed by atoms with Crippen molar-refractivity contribution in [2.24, 2.45) is 5.92 Å². The van der Waals surface area contributed by atoms with Crippen molar-refractivity contribution < 1.29 is 9.90 Å². The van der Waals surface area contributed by atoms with Crippen LogP contribution in [0.4, 0.5) is 0 Å². The molecular weight excluding hydrogens is 294 g/mol. The summed E-state index contributed by atoms with van der Waals surface area (Å²) in [5, 5.41) is 13.4. The second kappa shape index (κ2) is 7.91. The number of carbonyl (C=O) groups is 1. The minimum Gasteiger partial charge on any atom is -0.393 e. The van der Waals surface area contributed by atoms with Crippen LogP contribution in [0.15, 0.2) is 29.2 Å². The van der Waals surface area contributed by atoms with Crippen LogP contribution in [0, 0.1) is 5.92 Å². The molecule has 2 unspecified atom stereocenters. The lowest BCUT2D eigenvalue weighted by Crippen LogP contribution is -2.37. The fraction of sp³-hybridized carbons (Fsp3) is 0.533. The SMILES string of the molecule is O=C(CSc1ccccc1Cl)NCC1CCCCC1O. The van der Waals surface area contributed by atoms with Crippen LogP contribution in [0.25, 0.3) is 0 Å². The zero-order valence-corrected chi connectivity index (χ0v) is 12.9. The summed E-state index contributed by atoms with van der Waals surface area (Å²) < 4.78 is 0. The molecule has 0 aliphatic heterocycles. The van der Waals surface area contributed by atoms with Gasteiger partial charge < -0.3 is 10.4 Å². The van der Waals surface area contributed by atoms with Gasteiger partial charge in [-0.05, 0) is 25.0 Å². The molecule has 1 aromatic carbocycles. The van der Waals surface area contributed by atoms with E-state index in [9.17, 15) is 9.90 Å². The molecule has 0 saturated heterocycles. The van der Waals surface area contributed by atoms with Crippen molar-refractivity contribution in [3.63, 3.8) is 0 Å². The van der Waals surface area contributed by atoms with Gasteiger partial charge in [0.05, 0.1) is 16.9 Å². The number of rotatable bonds is 5. The summed E-state index contributed by atoms with van der Waals surface area (Å²) in [5.74, 6) is 0.553. The smallest absolute Gasteiger partial charge is 0.230 e. The van der Waals surface area contributed by atoms with Gasteiger partial charge in [0.25, 0.3) is 0 Å². The highest BCUT2D eigenvalue weighted by Gasteiger charge is 2.23. The minimum absolute atomic E-state index is 0.00677. The molecule has 1 aliphatic rings. The molecule has 1 aliphatic carbocycles. The maximum absolute atomic E-state index is 11.8. The lowest BCUT2D eigenvalue weighted by Gasteiger charge is -2.27. The van der Waals surface area contributed by atoms with Gasteiger partial charge in [-0.25, -0.2) is 0 Å². The van der Waals surface area contributed by atoms with Gasteiger partial charge in [0.15, 0.2) is 0 Å².